The molecule has 1 aliphatic carbocycles. The lowest BCUT2D eigenvalue weighted by molar-refractivity contribution is -0.125. The Hall–Kier alpha value is -2.53. The first kappa shape index (κ1) is 26.1. The first-order valence-electron chi connectivity index (χ1n) is 13.2. The quantitative estimate of drug-likeness (QED) is 0.485. The predicted molar refractivity (Wildman–Crippen MR) is 144 cm³/mol. The third-order valence-electron chi connectivity index (χ3n) is 8.00. The van der Waals surface area contributed by atoms with Gasteiger partial charge in [0.1, 0.15) is 11.4 Å². The van der Waals surface area contributed by atoms with Crippen molar-refractivity contribution in [3.8, 4) is 0 Å². The summed E-state index contributed by atoms with van der Waals surface area (Å²) < 4.78 is 29.5. The summed E-state index contributed by atoms with van der Waals surface area (Å²) in [5.41, 5.74) is 0.970. The zero-order chi connectivity index (χ0) is 26.0. The number of aliphatic hydroxyl groups is 2. The molecule has 10 heteroatoms. The van der Waals surface area contributed by atoms with Crippen LogP contribution < -0.4 is 5.32 Å². The van der Waals surface area contributed by atoms with Gasteiger partial charge in [-0.1, -0.05) is 43.5 Å². The lowest BCUT2D eigenvalue weighted by atomic mass is 9.88. The third kappa shape index (κ3) is 5.38. The number of carbonyl (C=O) groups is 1. The molecule has 2 aliphatic heterocycles. The first-order valence-corrected chi connectivity index (χ1v) is 14.8. The van der Waals surface area contributed by atoms with E-state index >= 15 is 0 Å². The summed E-state index contributed by atoms with van der Waals surface area (Å²) in [6, 6.07) is 7.66. The maximum atomic E-state index is 13.1. The minimum atomic E-state index is -3.52. The van der Waals surface area contributed by atoms with Crippen molar-refractivity contribution < 1.29 is 23.4 Å². The standard InChI is InChI=1S/C27H36N4O5S/c32-19-22(33)18-30-14-11-23-20(8-4-10-24(23)30)9-5-17-37(35,36)31-15-12-27(13-16-31)26(34)28-25(29-27)21-6-2-1-3-7-21/h4-5,8-11,14,21-22,32-33H,1-3,6-7,12-13,15-19H2,(H,28,29,34)/b9-5+. The number of amidine groups is 1. The highest BCUT2D eigenvalue weighted by atomic mass is 32.2. The number of hydrogen-bond acceptors (Lipinski definition) is 6. The Labute approximate surface area is 217 Å². The molecule has 1 saturated heterocycles. The van der Waals surface area contributed by atoms with E-state index in [-0.39, 0.29) is 37.9 Å². The number of sulfonamides is 1. The third-order valence-corrected chi connectivity index (χ3v) is 9.77. The van der Waals surface area contributed by atoms with Gasteiger partial charge in [-0.15, -0.1) is 0 Å². The van der Waals surface area contributed by atoms with Crippen LogP contribution in [0.5, 0.6) is 0 Å². The normalized spacial score (nSPS) is 22.1. The lowest BCUT2D eigenvalue weighted by Crippen LogP contribution is -2.50. The molecule has 37 heavy (non-hydrogen) atoms. The Balaban J connectivity index is 1.22. The number of aliphatic imine (C=N–C) groups is 1. The molecule has 3 N–H and O–H groups in total. The molecule has 2 aromatic rings. The second kappa shape index (κ2) is 10.7. The summed E-state index contributed by atoms with van der Waals surface area (Å²) in [6.07, 6.45) is 11.0. The molecule has 1 aromatic carbocycles. The zero-order valence-electron chi connectivity index (χ0n) is 21.1. The van der Waals surface area contributed by atoms with Crippen molar-refractivity contribution >= 4 is 38.7 Å². The Morgan fingerprint density at radius 1 is 1.16 bits per heavy atom. The molecule has 1 spiro atoms. The maximum absolute atomic E-state index is 13.1. The zero-order valence-corrected chi connectivity index (χ0v) is 21.9. The number of piperidine rings is 1. The number of amides is 1. The minimum Gasteiger partial charge on any atom is -0.394 e. The maximum Gasteiger partial charge on any atom is 0.253 e. The van der Waals surface area contributed by atoms with Crippen molar-refractivity contribution in [3.05, 3.63) is 42.1 Å². The number of nitrogens with one attached hydrogen (secondary N) is 1. The van der Waals surface area contributed by atoms with E-state index in [4.69, 9.17) is 10.1 Å². The van der Waals surface area contributed by atoms with Crippen LogP contribution in [0.1, 0.15) is 50.5 Å². The van der Waals surface area contributed by atoms with Gasteiger partial charge in [0.2, 0.25) is 10.0 Å². The van der Waals surface area contributed by atoms with Gasteiger partial charge in [-0.05, 0) is 43.4 Å². The lowest BCUT2D eigenvalue weighted by Gasteiger charge is -2.34. The molecule has 9 nitrogen and oxygen atoms in total. The molecule has 1 atom stereocenters. The fraction of sp³-hybridized carbons (Fsp3) is 0.556. The van der Waals surface area contributed by atoms with Crippen molar-refractivity contribution in [1.29, 1.82) is 0 Å². The van der Waals surface area contributed by atoms with E-state index in [2.05, 4.69) is 5.32 Å². The van der Waals surface area contributed by atoms with Crippen molar-refractivity contribution in [2.45, 2.75) is 63.1 Å². The monoisotopic (exact) mass is 528 g/mol. The first-order chi connectivity index (χ1) is 17.8. The van der Waals surface area contributed by atoms with Crippen LogP contribution in [0.2, 0.25) is 0 Å². The van der Waals surface area contributed by atoms with E-state index in [1.165, 1.54) is 23.6 Å². The summed E-state index contributed by atoms with van der Waals surface area (Å²) in [6.45, 7) is 0.545. The summed E-state index contributed by atoms with van der Waals surface area (Å²) in [5, 5.41) is 22.9. The van der Waals surface area contributed by atoms with Gasteiger partial charge in [0.15, 0.2) is 0 Å². The van der Waals surface area contributed by atoms with Crippen LogP contribution in [0, 0.1) is 5.92 Å². The highest BCUT2D eigenvalue weighted by Gasteiger charge is 2.48. The second-order valence-corrected chi connectivity index (χ2v) is 12.5. The molecule has 1 amide bonds. The molecule has 0 radical (unpaired) electrons. The molecule has 1 unspecified atom stereocenters. The number of rotatable bonds is 8. The fourth-order valence-corrected chi connectivity index (χ4v) is 7.11. The highest BCUT2D eigenvalue weighted by Crippen LogP contribution is 2.35. The van der Waals surface area contributed by atoms with Gasteiger partial charge in [0.25, 0.3) is 5.91 Å². The molecular weight excluding hydrogens is 492 g/mol. The van der Waals surface area contributed by atoms with Crippen LogP contribution in [0.15, 0.2) is 41.5 Å². The molecule has 1 saturated carbocycles. The highest BCUT2D eigenvalue weighted by molar-refractivity contribution is 7.89. The summed E-state index contributed by atoms with van der Waals surface area (Å²) >= 11 is 0. The molecule has 3 aliphatic rings. The Morgan fingerprint density at radius 2 is 1.92 bits per heavy atom. The number of hydrogen-bond donors (Lipinski definition) is 3. The largest absolute Gasteiger partial charge is 0.394 e. The fourth-order valence-electron chi connectivity index (χ4n) is 5.82. The van der Waals surface area contributed by atoms with E-state index in [9.17, 15) is 18.3 Å². The van der Waals surface area contributed by atoms with Gasteiger partial charge in [0, 0.05) is 36.1 Å². The van der Waals surface area contributed by atoms with Gasteiger partial charge >= 0.3 is 0 Å². The summed E-state index contributed by atoms with van der Waals surface area (Å²) in [5.74, 6) is 0.947. The van der Waals surface area contributed by atoms with Crippen LogP contribution in [-0.2, 0) is 21.4 Å². The van der Waals surface area contributed by atoms with Crippen molar-refractivity contribution in [2.24, 2.45) is 10.9 Å². The smallest absolute Gasteiger partial charge is 0.253 e. The van der Waals surface area contributed by atoms with Gasteiger partial charge in [-0.2, -0.15) is 0 Å². The Kier molecular flexibility index (Phi) is 7.53. The van der Waals surface area contributed by atoms with Crippen LogP contribution in [0.25, 0.3) is 17.0 Å². The molecular formula is C27H36N4O5S. The van der Waals surface area contributed by atoms with E-state index in [1.807, 2.05) is 41.1 Å². The van der Waals surface area contributed by atoms with E-state index in [1.54, 1.807) is 6.08 Å². The minimum absolute atomic E-state index is 0.0726. The van der Waals surface area contributed by atoms with Crippen molar-refractivity contribution in [3.63, 3.8) is 0 Å². The number of aliphatic hydroxyl groups excluding tert-OH is 2. The summed E-state index contributed by atoms with van der Waals surface area (Å²) in [4.78, 5) is 17.7. The molecule has 5 rings (SSSR count). The van der Waals surface area contributed by atoms with Crippen LogP contribution in [-0.4, -0.2) is 76.3 Å². The average Bonchev–Trinajstić information content (AvgIpc) is 3.46. The summed E-state index contributed by atoms with van der Waals surface area (Å²) in [7, 11) is -3.52. The Bertz CT molecular complexity index is 1300. The van der Waals surface area contributed by atoms with Gasteiger partial charge in [-0.3, -0.25) is 9.79 Å². The van der Waals surface area contributed by atoms with Gasteiger partial charge < -0.3 is 20.1 Å². The van der Waals surface area contributed by atoms with Gasteiger partial charge in [-0.25, -0.2) is 12.7 Å². The van der Waals surface area contributed by atoms with Crippen LogP contribution >= 0.6 is 0 Å². The molecule has 2 fully saturated rings. The predicted octanol–water partition coefficient (Wildman–Crippen LogP) is 2.28. The number of aromatic nitrogens is 1. The number of fused-ring (bicyclic) bond motifs is 1. The topological polar surface area (TPSA) is 124 Å². The molecule has 200 valence electrons. The molecule has 3 heterocycles. The molecule has 0 bridgehead atoms. The number of carbonyl (C=O) groups excluding carboxylic acids is 1. The number of benzene rings is 1. The van der Waals surface area contributed by atoms with Gasteiger partial charge in [0.05, 0.1) is 25.0 Å². The van der Waals surface area contributed by atoms with E-state index < -0.39 is 21.7 Å². The average molecular weight is 529 g/mol. The van der Waals surface area contributed by atoms with Crippen molar-refractivity contribution in [2.75, 3.05) is 25.4 Å². The van der Waals surface area contributed by atoms with Crippen LogP contribution in [0.4, 0.5) is 0 Å². The Morgan fingerprint density at radius 3 is 2.65 bits per heavy atom. The second-order valence-electron chi connectivity index (χ2n) is 10.5. The molecule has 1 aromatic heterocycles. The van der Waals surface area contributed by atoms with Crippen molar-refractivity contribution in [1.82, 2.24) is 14.2 Å². The van der Waals surface area contributed by atoms with E-state index in [0.29, 0.717) is 18.8 Å². The van der Waals surface area contributed by atoms with Crippen LogP contribution in [0.3, 0.4) is 0 Å². The van der Waals surface area contributed by atoms with E-state index in [0.717, 1.165) is 35.1 Å². The SMILES string of the molecule is O=C1NC(C2CCCCC2)=NC12CCN(S(=O)(=O)C/C=C/c1cccc3c1ccn3CC(O)CO)CC2. The number of nitrogens with zero attached hydrogens (tertiary/aromatic N) is 3.